The first kappa shape index (κ1) is 31.3. The monoisotopic (exact) mass is 586 g/mol. The Hall–Kier alpha value is -3.22. The number of rotatable bonds is 6. The number of nitrogens with zero attached hydrogens (tertiary/aromatic N) is 4. The molecule has 0 amide bonds. The minimum atomic E-state index is -3.99. The van der Waals surface area contributed by atoms with E-state index in [-0.39, 0.29) is 18.1 Å². The first-order valence-corrected chi connectivity index (χ1v) is 11.8. The van der Waals surface area contributed by atoms with Crippen molar-refractivity contribution in [1.82, 2.24) is 19.1 Å². The van der Waals surface area contributed by atoms with Crippen LogP contribution in [0.15, 0.2) is 34.1 Å². The van der Waals surface area contributed by atoms with Gasteiger partial charge in [0.25, 0.3) is 5.92 Å². The molecule has 0 radical (unpaired) electrons. The van der Waals surface area contributed by atoms with E-state index in [2.05, 4.69) is 9.97 Å². The van der Waals surface area contributed by atoms with Crippen LogP contribution in [0.2, 0.25) is 0 Å². The summed E-state index contributed by atoms with van der Waals surface area (Å²) in [4.78, 5) is 29.8. The van der Waals surface area contributed by atoms with Gasteiger partial charge in [0.1, 0.15) is 30.6 Å². The van der Waals surface area contributed by atoms with Gasteiger partial charge in [0.2, 0.25) is 12.5 Å². The fourth-order valence-corrected chi connectivity index (χ4v) is 4.41. The Kier molecular flexibility index (Phi) is 8.60. The first-order chi connectivity index (χ1) is 18.6. The number of aromatic nitrogens is 4. The van der Waals surface area contributed by atoms with Crippen LogP contribution in [0.3, 0.4) is 0 Å². The number of alkyl halides is 6. The summed E-state index contributed by atoms with van der Waals surface area (Å²) in [6.07, 6.45) is -4.73. The summed E-state index contributed by atoms with van der Waals surface area (Å²) in [5.41, 5.74) is 4.35. The van der Waals surface area contributed by atoms with Gasteiger partial charge in [-0.25, -0.2) is 27.2 Å². The number of nitrogen functional groups attached to an aromatic ring is 2. The van der Waals surface area contributed by atoms with Crippen molar-refractivity contribution in [2.75, 3.05) is 31.4 Å². The maximum absolute atomic E-state index is 14.3. The molecule has 4 rings (SSSR count). The Labute approximate surface area is 222 Å². The Balaban J connectivity index is 0.000000220. The molecule has 2 aromatic rings. The molecule has 2 aliphatic rings. The average molecular weight is 586 g/mol. The average Bonchev–Trinajstić information content (AvgIpc) is 3.23. The van der Waals surface area contributed by atoms with Gasteiger partial charge in [0, 0.05) is 12.4 Å². The normalized spacial score (nSPS) is 32.5. The summed E-state index contributed by atoms with van der Waals surface area (Å²) >= 11 is 0. The smallest absolute Gasteiger partial charge is 0.351 e. The zero-order chi connectivity index (χ0) is 30.3. The molecule has 0 unspecified atom stereocenters. The highest BCUT2D eigenvalue weighted by atomic mass is 19.3. The molecule has 12 nitrogen and oxygen atoms in total. The second kappa shape index (κ2) is 11.0. The molecule has 0 aromatic carbocycles. The summed E-state index contributed by atoms with van der Waals surface area (Å²) in [6.45, 7) is -0.979. The fourth-order valence-electron chi connectivity index (χ4n) is 4.41. The van der Waals surface area contributed by atoms with Crippen molar-refractivity contribution in [3.8, 4) is 0 Å². The summed E-state index contributed by atoms with van der Waals surface area (Å²) in [6, 6.07) is 2.29. The Bertz CT molecular complexity index is 1220. The van der Waals surface area contributed by atoms with Crippen molar-refractivity contribution >= 4 is 11.6 Å². The van der Waals surface area contributed by atoms with Gasteiger partial charge in [-0.05, 0) is 18.6 Å². The van der Waals surface area contributed by atoms with Crippen molar-refractivity contribution in [3.63, 3.8) is 0 Å². The van der Waals surface area contributed by atoms with E-state index in [1.165, 1.54) is 13.0 Å². The minimum Gasteiger partial charge on any atom is -0.393 e. The summed E-state index contributed by atoms with van der Waals surface area (Å²) in [5.74, 6) is -9.00. The molecule has 2 aliphatic heterocycles. The van der Waals surface area contributed by atoms with Crippen LogP contribution in [0, 0.1) is 5.92 Å². The molecule has 40 heavy (non-hydrogen) atoms. The number of hydrogen-bond donors (Lipinski definition) is 4. The molecular weight excluding hydrogens is 558 g/mol. The van der Waals surface area contributed by atoms with Crippen LogP contribution in [0.4, 0.5) is 38.0 Å². The number of ether oxygens (including phenoxy) is 2. The lowest BCUT2D eigenvalue weighted by Crippen LogP contribution is -2.50. The van der Waals surface area contributed by atoms with Crippen LogP contribution in [-0.2, 0) is 9.47 Å². The Morgan fingerprint density at radius 2 is 1.32 bits per heavy atom. The van der Waals surface area contributed by atoms with Gasteiger partial charge in [-0.3, -0.25) is 9.13 Å². The number of aliphatic hydroxyl groups is 2. The predicted molar refractivity (Wildman–Crippen MR) is 126 cm³/mol. The third-order valence-corrected chi connectivity index (χ3v) is 7.11. The van der Waals surface area contributed by atoms with Crippen molar-refractivity contribution in [2.45, 2.75) is 61.9 Å². The Morgan fingerprint density at radius 1 is 0.900 bits per heavy atom. The standard InChI is InChI=1S/C12H16F3N3O2.C10H12F3N3O4/c1-3-11(6-13)7(2)12(14,15)9(20-11)18-5-4-8(16)17-10(18)19;11-3-9(4-17)6(18)10(12,13)7(20-9)16-2-1-5(14)15-8(16)19/h4-5,7,9H,3,6H2,1-2H3,(H2,16,17,19);1-2,6-7,17-18H,3-4H2,(H2,14,15,19)/t7-,9-,11+;6-,7-,9-/m11/s1. The van der Waals surface area contributed by atoms with Crippen LogP contribution in [-0.4, -0.2) is 78.4 Å². The zero-order valence-corrected chi connectivity index (χ0v) is 21.2. The minimum absolute atomic E-state index is 0.0761. The molecule has 2 saturated heterocycles. The van der Waals surface area contributed by atoms with E-state index in [0.717, 1.165) is 18.5 Å². The fraction of sp³-hybridized carbons (Fsp3) is 0.636. The molecule has 0 aliphatic carbocycles. The van der Waals surface area contributed by atoms with Gasteiger partial charge < -0.3 is 31.2 Å². The zero-order valence-electron chi connectivity index (χ0n) is 21.2. The topological polar surface area (TPSA) is 181 Å². The number of aliphatic hydroxyl groups excluding tert-OH is 2. The van der Waals surface area contributed by atoms with Crippen LogP contribution in [0.25, 0.3) is 0 Å². The molecule has 224 valence electrons. The summed E-state index contributed by atoms with van der Waals surface area (Å²) < 4.78 is 93.7. The highest BCUT2D eigenvalue weighted by Gasteiger charge is 2.67. The van der Waals surface area contributed by atoms with E-state index in [0.29, 0.717) is 9.13 Å². The third kappa shape index (κ3) is 5.04. The number of hydrogen-bond acceptors (Lipinski definition) is 10. The van der Waals surface area contributed by atoms with Gasteiger partial charge >= 0.3 is 17.3 Å². The molecule has 0 bridgehead atoms. The Morgan fingerprint density at radius 3 is 1.65 bits per heavy atom. The number of nitrogens with two attached hydrogens (primary N) is 2. The maximum Gasteiger partial charge on any atom is 0.351 e. The molecular formula is C22H28F6N6O6. The molecule has 0 saturated carbocycles. The summed E-state index contributed by atoms with van der Waals surface area (Å²) in [5, 5.41) is 18.5. The molecule has 18 heteroatoms. The highest BCUT2D eigenvalue weighted by molar-refractivity contribution is 5.24. The van der Waals surface area contributed by atoms with E-state index in [4.69, 9.17) is 26.0 Å². The largest absolute Gasteiger partial charge is 0.393 e. The SMILES string of the molecule is CC[C@@]1(CF)O[C@@H](n2ccc(N)nc2=O)C(F)(F)[C@@H]1C.Nc1ccn([C@@H]2O[C@@](CO)(CF)[C@@H](O)C2(F)F)c(=O)n1. The maximum atomic E-state index is 14.3. The number of halogens is 6. The van der Waals surface area contributed by atoms with Gasteiger partial charge in [-0.15, -0.1) is 0 Å². The van der Waals surface area contributed by atoms with Gasteiger partial charge in [0.15, 0.2) is 11.7 Å². The second-order valence-electron chi connectivity index (χ2n) is 9.41. The van der Waals surface area contributed by atoms with E-state index in [1.807, 2.05) is 0 Å². The summed E-state index contributed by atoms with van der Waals surface area (Å²) in [7, 11) is 0. The number of anilines is 2. The molecule has 4 heterocycles. The molecule has 0 spiro atoms. The highest BCUT2D eigenvalue weighted by Crippen LogP contribution is 2.53. The van der Waals surface area contributed by atoms with Crippen LogP contribution < -0.4 is 22.8 Å². The van der Waals surface area contributed by atoms with Crippen molar-refractivity contribution in [2.24, 2.45) is 5.92 Å². The second-order valence-corrected chi connectivity index (χ2v) is 9.41. The quantitative estimate of drug-likeness (QED) is 0.354. The third-order valence-electron chi connectivity index (χ3n) is 7.11. The lowest BCUT2D eigenvalue weighted by Gasteiger charge is -2.28. The van der Waals surface area contributed by atoms with Crippen LogP contribution in [0.1, 0.15) is 32.7 Å². The lowest BCUT2D eigenvalue weighted by atomic mass is 9.85. The van der Waals surface area contributed by atoms with Gasteiger partial charge in [-0.1, -0.05) is 13.8 Å². The van der Waals surface area contributed by atoms with E-state index in [9.17, 15) is 41.0 Å². The first-order valence-electron chi connectivity index (χ1n) is 11.8. The van der Waals surface area contributed by atoms with E-state index < -0.39 is 78.9 Å². The van der Waals surface area contributed by atoms with Gasteiger partial charge in [-0.2, -0.15) is 18.7 Å². The molecule has 2 aromatic heterocycles. The molecule has 2 fully saturated rings. The molecule has 6 N–H and O–H groups in total. The van der Waals surface area contributed by atoms with Gasteiger partial charge in [0.05, 0.1) is 12.5 Å². The van der Waals surface area contributed by atoms with Crippen molar-refractivity contribution in [1.29, 1.82) is 0 Å². The van der Waals surface area contributed by atoms with Crippen molar-refractivity contribution in [3.05, 3.63) is 45.5 Å². The lowest BCUT2D eigenvalue weighted by molar-refractivity contribution is -0.148. The van der Waals surface area contributed by atoms with Crippen LogP contribution in [0.5, 0.6) is 0 Å². The van der Waals surface area contributed by atoms with E-state index >= 15 is 0 Å². The van der Waals surface area contributed by atoms with E-state index in [1.54, 1.807) is 6.92 Å². The van der Waals surface area contributed by atoms with Crippen molar-refractivity contribution < 1.29 is 46.0 Å². The molecule has 6 atom stereocenters. The predicted octanol–water partition coefficient (Wildman–Crippen LogP) is 0.795. The van der Waals surface area contributed by atoms with Crippen LogP contribution >= 0.6 is 0 Å².